The van der Waals surface area contributed by atoms with Gasteiger partial charge in [-0.15, -0.1) is 6.42 Å². The van der Waals surface area contributed by atoms with Gasteiger partial charge in [0.1, 0.15) is 0 Å². The Morgan fingerprint density at radius 1 is 1.43 bits per heavy atom. The minimum atomic E-state index is -0.0540. The molecule has 72 valence electrons. The molecule has 1 aromatic carbocycles. The van der Waals surface area contributed by atoms with Crippen LogP contribution in [0.5, 0.6) is 0 Å². The van der Waals surface area contributed by atoms with Crippen LogP contribution in [-0.2, 0) is 0 Å². The van der Waals surface area contributed by atoms with Crippen LogP contribution in [0.3, 0.4) is 0 Å². The van der Waals surface area contributed by atoms with E-state index in [0.29, 0.717) is 11.1 Å². The third-order valence-corrected chi connectivity index (χ3v) is 2.05. The summed E-state index contributed by atoms with van der Waals surface area (Å²) in [6.45, 7) is 1.90. The van der Waals surface area contributed by atoms with E-state index in [2.05, 4.69) is 5.92 Å². The van der Waals surface area contributed by atoms with E-state index in [0.717, 1.165) is 5.56 Å². The van der Waals surface area contributed by atoms with Crippen LogP contribution in [0.25, 0.3) is 0 Å². The lowest BCUT2D eigenvalue weighted by Gasteiger charge is -2.12. The summed E-state index contributed by atoms with van der Waals surface area (Å²) in [5, 5.41) is 0. The summed E-state index contributed by atoms with van der Waals surface area (Å²) in [5.74, 6) is 2.50. The highest BCUT2D eigenvalue weighted by Gasteiger charge is 2.12. The van der Waals surface area contributed by atoms with Crippen LogP contribution < -0.4 is 0 Å². The maximum atomic E-state index is 11.7. The molecular weight excluding hydrogens is 174 g/mol. The molecule has 0 spiro atoms. The molecule has 0 atom stereocenters. The lowest BCUT2D eigenvalue weighted by molar-refractivity contribution is 0.0827. The average Bonchev–Trinajstić information content (AvgIpc) is 2.16. The van der Waals surface area contributed by atoms with Crippen molar-refractivity contribution < 1.29 is 4.79 Å². The summed E-state index contributed by atoms with van der Waals surface area (Å²) in [5.41, 5.74) is 2.24. The zero-order valence-electron chi connectivity index (χ0n) is 8.66. The van der Waals surface area contributed by atoms with Crippen LogP contribution in [0.2, 0.25) is 0 Å². The van der Waals surface area contributed by atoms with Crippen molar-refractivity contribution in [2.45, 2.75) is 6.92 Å². The van der Waals surface area contributed by atoms with Crippen molar-refractivity contribution >= 4 is 5.91 Å². The van der Waals surface area contributed by atoms with Crippen LogP contribution in [0.4, 0.5) is 0 Å². The second kappa shape index (κ2) is 3.97. The first-order chi connectivity index (χ1) is 6.57. The van der Waals surface area contributed by atoms with Gasteiger partial charge in [0, 0.05) is 19.7 Å². The second-order valence-corrected chi connectivity index (χ2v) is 3.34. The highest BCUT2D eigenvalue weighted by Crippen LogP contribution is 2.14. The molecule has 0 aliphatic heterocycles. The predicted octanol–water partition coefficient (Wildman–Crippen LogP) is 1.68. The molecule has 0 aromatic heterocycles. The predicted molar refractivity (Wildman–Crippen MR) is 57.1 cm³/mol. The van der Waals surface area contributed by atoms with E-state index in [1.54, 1.807) is 20.2 Å². The summed E-state index contributed by atoms with van der Waals surface area (Å²) in [4.78, 5) is 13.2. The molecule has 0 aliphatic rings. The number of benzene rings is 1. The SMILES string of the molecule is C#Cc1c(C)cccc1C(=O)N(C)C. The number of terminal acetylenes is 1. The van der Waals surface area contributed by atoms with E-state index < -0.39 is 0 Å². The van der Waals surface area contributed by atoms with E-state index in [1.165, 1.54) is 4.90 Å². The van der Waals surface area contributed by atoms with Crippen molar-refractivity contribution in [3.63, 3.8) is 0 Å². The Labute approximate surface area is 84.5 Å². The van der Waals surface area contributed by atoms with Crippen LogP contribution in [0.15, 0.2) is 18.2 Å². The fraction of sp³-hybridized carbons (Fsp3) is 0.250. The fourth-order valence-electron chi connectivity index (χ4n) is 1.28. The second-order valence-electron chi connectivity index (χ2n) is 3.34. The van der Waals surface area contributed by atoms with Crippen molar-refractivity contribution in [3.05, 3.63) is 34.9 Å². The summed E-state index contributed by atoms with van der Waals surface area (Å²) < 4.78 is 0. The molecule has 1 aromatic rings. The number of nitrogens with zero attached hydrogens (tertiary/aromatic N) is 1. The quantitative estimate of drug-likeness (QED) is 0.612. The Kier molecular flexibility index (Phi) is 2.93. The largest absolute Gasteiger partial charge is 0.345 e. The van der Waals surface area contributed by atoms with Gasteiger partial charge < -0.3 is 4.90 Å². The minimum absolute atomic E-state index is 0.0540. The van der Waals surface area contributed by atoms with Crippen molar-refractivity contribution in [3.8, 4) is 12.3 Å². The third-order valence-electron chi connectivity index (χ3n) is 2.05. The lowest BCUT2D eigenvalue weighted by Crippen LogP contribution is -2.22. The number of aryl methyl sites for hydroxylation is 1. The summed E-state index contributed by atoms with van der Waals surface area (Å²) in [6.07, 6.45) is 5.37. The molecule has 0 fully saturated rings. The molecule has 2 heteroatoms. The molecule has 2 nitrogen and oxygen atoms in total. The Hall–Kier alpha value is -1.75. The Morgan fingerprint density at radius 3 is 2.57 bits per heavy atom. The lowest BCUT2D eigenvalue weighted by atomic mass is 10.0. The smallest absolute Gasteiger partial charge is 0.254 e. The van der Waals surface area contributed by atoms with Gasteiger partial charge in [-0.2, -0.15) is 0 Å². The fourth-order valence-corrected chi connectivity index (χ4v) is 1.28. The molecule has 0 saturated carbocycles. The topological polar surface area (TPSA) is 20.3 Å². The minimum Gasteiger partial charge on any atom is -0.345 e. The first kappa shape index (κ1) is 10.3. The first-order valence-corrected chi connectivity index (χ1v) is 4.35. The highest BCUT2D eigenvalue weighted by atomic mass is 16.2. The normalized spacial score (nSPS) is 9.29. The van der Waals surface area contributed by atoms with E-state index in [9.17, 15) is 4.79 Å². The molecule has 0 N–H and O–H groups in total. The van der Waals surface area contributed by atoms with E-state index in [-0.39, 0.29) is 5.91 Å². The number of amides is 1. The highest BCUT2D eigenvalue weighted by molar-refractivity contribution is 5.96. The molecule has 0 unspecified atom stereocenters. The van der Waals surface area contributed by atoms with E-state index in [4.69, 9.17) is 6.42 Å². The van der Waals surface area contributed by atoms with Gasteiger partial charge in [0.05, 0.1) is 5.56 Å². The molecule has 0 bridgehead atoms. The average molecular weight is 187 g/mol. The van der Waals surface area contributed by atoms with Crippen molar-refractivity contribution in [2.75, 3.05) is 14.1 Å². The number of rotatable bonds is 1. The van der Waals surface area contributed by atoms with Gasteiger partial charge in [-0.1, -0.05) is 18.1 Å². The Bertz CT molecular complexity index is 399. The van der Waals surface area contributed by atoms with Crippen molar-refractivity contribution in [2.24, 2.45) is 0 Å². The van der Waals surface area contributed by atoms with Crippen molar-refractivity contribution in [1.82, 2.24) is 4.90 Å². The summed E-state index contributed by atoms with van der Waals surface area (Å²) in [7, 11) is 3.43. The van der Waals surface area contributed by atoms with Gasteiger partial charge in [0.2, 0.25) is 0 Å². The zero-order chi connectivity index (χ0) is 10.7. The van der Waals surface area contributed by atoms with Gasteiger partial charge in [-0.25, -0.2) is 0 Å². The van der Waals surface area contributed by atoms with Gasteiger partial charge in [-0.3, -0.25) is 4.79 Å². The number of hydrogen-bond donors (Lipinski definition) is 0. The molecular formula is C12H13NO. The maximum absolute atomic E-state index is 11.7. The monoisotopic (exact) mass is 187 g/mol. The van der Waals surface area contributed by atoms with Crippen LogP contribution >= 0.6 is 0 Å². The van der Waals surface area contributed by atoms with Gasteiger partial charge in [0.25, 0.3) is 5.91 Å². The number of carbonyl (C=O) groups excluding carboxylic acids is 1. The molecule has 0 saturated heterocycles. The Balaban J connectivity index is 3.29. The van der Waals surface area contributed by atoms with Gasteiger partial charge >= 0.3 is 0 Å². The van der Waals surface area contributed by atoms with Gasteiger partial charge in [0.15, 0.2) is 0 Å². The van der Waals surface area contributed by atoms with Gasteiger partial charge in [-0.05, 0) is 18.6 Å². The van der Waals surface area contributed by atoms with Crippen LogP contribution in [-0.4, -0.2) is 24.9 Å². The number of carbonyl (C=O) groups is 1. The van der Waals surface area contributed by atoms with Crippen molar-refractivity contribution in [1.29, 1.82) is 0 Å². The molecule has 0 heterocycles. The van der Waals surface area contributed by atoms with Crippen LogP contribution in [0.1, 0.15) is 21.5 Å². The number of hydrogen-bond acceptors (Lipinski definition) is 1. The molecule has 0 radical (unpaired) electrons. The molecule has 1 amide bonds. The maximum Gasteiger partial charge on any atom is 0.254 e. The zero-order valence-corrected chi connectivity index (χ0v) is 8.66. The van der Waals surface area contributed by atoms with Crippen LogP contribution in [0, 0.1) is 19.3 Å². The first-order valence-electron chi connectivity index (χ1n) is 4.35. The Morgan fingerprint density at radius 2 is 2.07 bits per heavy atom. The van der Waals surface area contributed by atoms with E-state index >= 15 is 0 Å². The molecule has 1 rings (SSSR count). The summed E-state index contributed by atoms with van der Waals surface area (Å²) >= 11 is 0. The van der Waals surface area contributed by atoms with E-state index in [1.807, 2.05) is 19.1 Å². The standard InChI is InChI=1S/C12H13NO/c1-5-10-9(2)7-6-8-11(10)12(14)13(3)4/h1,6-8H,2-4H3. The molecule has 14 heavy (non-hydrogen) atoms. The third kappa shape index (κ3) is 1.77. The molecule has 0 aliphatic carbocycles. The summed E-state index contributed by atoms with van der Waals surface area (Å²) in [6, 6.07) is 5.50.